The van der Waals surface area contributed by atoms with E-state index in [0.717, 1.165) is 18.3 Å². The van der Waals surface area contributed by atoms with Gasteiger partial charge < -0.3 is 5.11 Å². The van der Waals surface area contributed by atoms with E-state index in [2.05, 4.69) is 61.5 Å². The van der Waals surface area contributed by atoms with Crippen LogP contribution in [0.25, 0.3) is 0 Å². The van der Waals surface area contributed by atoms with E-state index in [9.17, 15) is 5.11 Å². The number of rotatable bonds is 4. The first-order valence-corrected chi connectivity index (χ1v) is 13.4. The molecular weight excluding hydrogens is 376 g/mol. The fourth-order valence-corrected chi connectivity index (χ4v) is 9.47. The predicted molar refractivity (Wildman–Crippen MR) is 133 cm³/mol. The molecular formula is C30H50O. The molecule has 0 aliphatic heterocycles. The van der Waals surface area contributed by atoms with Gasteiger partial charge in [0.2, 0.25) is 0 Å². The van der Waals surface area contributed by atoms with Crippen LogP contribution in [0.4, 0.5) is 0 Å². The van der Waals surface area contributed by atoms with Crippen molar-refractivity contribution in [3.8, 4) is 0 Å². The van der Waals surface area contributed by atoms with E-state index in [1.165, 1.54) is 63.4 Å². The van der Waals surface area contributed by atoms with Gasteiger partial charge >= 0.3 is 0 Å². The second kappa shape index (κ2) is 7.75. The van der Waals surface area contributed by atoms with Gasteiger partial charge in [0.25, 0.3) is 0 Å². The highest BCUT2D eigenvalue weighted by Gasteiger charge is 2.63. The maximum Gasteiger partial charge on any atom is 0.0594 e. The molecule has 31 heavy (non-hydrogen) atoms. The second-order valence-corrected chi connectivity index (χ2v) is 13.6. The Morgan fingerprint density at radius 2 is 1.68 bits per heavy atom. The summed E-state index contributed by atoms with van der Waals surface area (Å²) in [5.41, 5.74) is 6.41. The average Bonchev–Trinajstić information content (AvgIpc) is 2.96. The highest BCUT2D eigenvalue weighted by molar-refractivity contribution is 5.38. The van der Waals surface area contributed by atoms with Crippen LogP contribution < -0.4 is 0 Å². The minimum atomic E-state index is -0.130. The van der Waals surface area contributed by atoms with Gasteiger partial charge in [-0.15, -0.1) is 0 Å². The van der Waals surface area contributed by atoms with Crippen LogP contribution in [0, 0.1) is 39.4 Å². The van der Waals surface area contributed by atoms with Crippen molar-refractivity contribution in [3.05, 3.63) is 22.8 Å². The second-order valence-electron chi connectivity index (χ2n) is 13.6. The summed E-state index contributed by atoms with van der Waals surface area (Å²) in [5, 5.41) is 10.8. The lowest BCUT2D eigenvalue weighted by molar-refractivity contribution is -0.0962. The lowest BCUT2D eigenvalue weighted by atomic mass is 9.43. The molecule has 4 aliphatic rings. The molecule has 0 amide bonds. The van der Waals surface area contributed by atoms with Crippen molar-refractivity contribution in [2.24, 2.45) is 39.4 Å². The van der Waals surface area contributed by atoms with E-state index in [1.54, 1.807) is 0 Å². The van der Waals surface area contributed by atoms with Crippen molar-refractivity contribution >= 4 is 0 Å². The Balaban J connectivity index is 1.65. The zero-order chi connectivity index (χ0) is 22.8. The molecule has 2 fully saturated rings. The Morgan fingerprint density at radius 1 is 0.968 bits per heavy atom. The molecule has 0 heterocycles. The summed E-state index contributed by atoms with van der Waals surface area (Å²) in [5.74, 6) is 2.32. The minimum absolute atomic E-state index is 0.0465. The molecule has 1 heteroatoms. The van der Waals surface area contributed by atoms with Crippen LogP contribution in [0.1, 0.15) is 120 Å². The van der Waals surface area contributed by atoms with Crippen LogP contribution in [-0.2, 0) is 0 Å². The zero-order valence-corrected chi connectivity index (χ0v) is 21.9. The van der Waals surface area contributed by atoms with Gasteiger partial charge in [-0.25, -0.2) is 0 Å². The summed E-state index contributed by atoms with van der Waals surface area (Å²) < 4.78 is 0. The van der Waals surface area contributed by atoms with Gasteiger partial charge in [-0.3, -0.25) is 0 Å². The molecule has 0 bridgehead atoms. The van der Waals surface area contributed by atoms with Gasteiger partial charge in [-0.1, -0.05) is 64.3 Å². The molecule has 2 saturated carbocycles. The summed E-state index contributed by atoms with van der Waals surface area (Å²) in [6.45, 7) is 19.6. The van der Waals surface area contributed by atoms with Crippen LogP contribution in [0.3, 0.4) is 0 Å². The number of allylic oxidation sites excluding steroid dienone is 4. The SMILES string of the molecule is CC(C)=CCCC(C)C1CC[C@@]2(C)C3=C(CC[C@@]12C)C1(C)CCC(O)C(C)(C)C1CC3. The lowest BCUT2D eigenvalue weighted by Crippen LogP contribution is -2.55. The van der Waals surface area contributed by atoms with Crippen LogP contribution in [0.2, 0.25) is 0 Å². The van der Waals surface area contributed by atoms with Crippen molar-refractivity contribution in [2.75, 3.05) is 0 Å². The monoisotopic (exact) mass is 426 g/mol. The molecule has 4 aliphatic carbocycles. The molecule has 0 aromatic rings. The first-order chi connectivity index (χ1) is 14.4. The highest BCUT2D eigenvalue weighted by atomic mass is 16.3. The molecule has 5 unspecified atom stereocenters. The number of fused-ring (bicyclic) bond motifs is 4. The van der Waals surface area contributed by atoms with E-state index in [4.69, 9.17) is 0 Å². The summed E-state index contributed by atoms with van der Waals surface area (Å²) in [6.07, 6.45) is 15.2. The van der Waals surface area contributed by atoms with E-state index >= 15 is 0 Å². The van der Waals surface area contributed by atoms with Gasteiger partial charge in [-0.2, -0.15) is 0 Å². The fourth-order valence-electron chi connectivity index (χ4n) is 9.47. The first kappa shape index (κ1) is 23.6. The Kier molecular flexibility index (Phi) is 5.90. The molecule has 7 atom stereocenters. The van der Waals surface area contributed by atoms with Gasteiger partial charge in [0.1, 0.15) is 0 Å². The van der Waals surface area contributed by atoms with Crippen molar-refractivity contribution in [2.45, 2.75) is 126 Å². The van der Waals surface area contributed by atoms with E-state index in [0.29, 0.717) is 22.2 Å². The number of aliphatic hydroxyl groups excluding tert-OH is 1. The minimum Gasteiger partial charge on any atom is -0.393 e. The first-order valence-electron chi connectivity index (χ1n) is 13.4. The number of hydrogen-bond acceptors (Lipinski definition) is 1. The molecule has 0 saturated heterocycles. The third-order valence-corrected chi connectivity index (χ3v) is 11.7. The average molecular weight is 427 g/mol. The molecule has 0 spiro atoms. The highest BCUT2D eigenvalue weighted by Crippen LogP contribution is 2.72. The maximum atomic E-state index is 10.8. The molecule has 4 rings (SSSR count). The molecule has 0 aromatic heterocycles. The Labute approximate surface area is 193 Å². The molecule has 1 N–H and O–H groups in total. The standard InChI is InChI=1S/C30H50O/c1-20(2)10-9-11-21(3)22-14-18-30(8)24-12-13-25-27(4,5)26(31)16-17-28(25,6)23(24)15-19-29(22,30)7/h10,21-22,25-26,31H,9,11-19H2,1-8H3/t21?,22?,25?,26?,28?,29-,30-/m0/s1. The summed E-state index contributed by atoms with van der Waals surface area (Å²) in [4.78, 5) is 0. The van der Waals surface area contributed by atoms with Crippen molar-refractivity contribution < 1.29 is 5.11 Å². The van der Waals surface area contributed by atoms with Crippen molar-refractivity contribution in [3.63, 3.8) is 0 Å². The van der Waals surface area contributed by atoms with Gasteiger partial charge in [-0.05, 0) is 117 Å². The normalized spacial score (nSPS) is 44.9. The summed E-state index contributed by atoms with van der Waals surface area (Å²) >= 11 is 0. The largest absolute Gasteiger partial charge is 0.393 e. The third kappa shape index (κ3) is 3.34. The van der Waals surface area contributed by atoms with E-state index in [-0.39, 0.29) is 11.5 Å². The number of aliphatic hydroxyl groups is 1. The molecule has 0 radical (unpaired) electrons. The van der Waals surface area contributed by atoms with Crippen molar-refractivity contribution in [1.29, 1.82) is 0 Å². The molecule has 176 valence electrons. The quantitative estimate of drug-likeness (QED) is 0.447. The van der Waals surface area contributed by atoms with E-state index < -0.39 is 0 Å². The molecule has 1 nitrogen and oxygen atoms in total. The topological polar surface area (TPSA) is 20.2 Å². The van der Waals surface area contributed by atoms with Crippen LogP contribution in [0.15, 0.2) is 22.8 Å². The molecule has 0 aromatic carbocycles. The summed E-state index contributed by atoms with van der Waals surface area (Å²) in [6, 6.07) is 0. The fraction of sp³-hybridized carbons (Fsp3) is 0.867. The predicted octanol–water partition coefficient (Wildman–Crippen LogP) is 8.48. The third-order valence-electron chi connectivity index (χ3n) is 11.7. The van der Waals surface area contributed by atoms with E-state index in [1.807, 2.05) is 11.1 Å². The Hall–Kier alpha value is -0.560. The van der Waals surface area contributed by atoms with Crippen LogP contribution in [0.5, 0.6) is 0 Å². The van der Waals surface area contributed by atoms with Crippen LogP contribution in [-0.4, -0.2) is 11.2 Å². The Bertz CT molecular complexity index is 767. The Morgan fingerprint density at radius 3 is 2.35 bits per heavy atom. The zero-order valence-electron chi connectivity index (χ0n) is 21.9. The lowest BCUT2D eigenvalue weighted by Gasteiger charge is -2.62. The number of hydrogen-bond donors (Lipinski definition) is 1. The smallest absolute Gasteiger partial charge is 0.0594 e. The van der Waals surface area contributed by atoms with Gasteiger partial charge in [0.15, 0.2) is 0 Å². The van der Waals surface area contributed by atoms with Crippen molar-refractivity contribution in [1.82, 2.24) is 0 Å². The van der Waals surface area contributed by atoms with Gasteiger partial charge in [0, 0.05) is 0 Å². The van der Waals surface area contributed by atoms with Crippen LogP contribution >= 0.6 is 0 Å². The van der Waals surface area contributed by atoms with Gasteiger partial charge in [0.05, 0.1) is 6.10 Å². The maximum absolute atomic E-state index is 10.8. The summed E-state index contributed by atoms with van der Waals surface area (Å²) in [7, 11) is 0.